The second-order valence-corrected chi connectivity index (χ2v) is 8.07. The molecule has 0 radical (unpaired) electrons. The highest BCUT2D eigenvalue weighted by Gasteiger charge is 2.48. The molecule has 10 nitrogen and oxygen atoms in total. The van der Waals surface area contributed by atoms with E-state index in [2.05, 4.69) is 30.5 Å². The summed E-state index contributed by atoms with van der Waals surface area (Å²) in [5.41, 5.74) is -0.428. The molecule has 2 aromatic heterocycles. The summed E-state index contributed by atoms with van der Waals surface area (Å²) in [5, 5.41) is 11.3. The van der Waals surface area contributed by atoms with Crippen molar-refractivity contribution in [2.24, 2.45) is 10.9 Å². The minimum atomic E-state index is -0.428. The molecular weight excluding hydrogens is 396 g/mol. The Labute approximate surface area is 180 Å². The summed E-state index contributed by atoms with van der Waals surface area (Å²) in [7, 11) is 0. The van der Waals surface area contributed by atoms with Crippen molar-refractivity contribution >= 4 is 29.9 Å². The number of nitrogens with zero attached hydrogens (tertiary/aromatic N) is 7. The SMILES string of the molecule is O=C1OC2(CCC(CNc3nccc(N4C=CC=NC4)n3)CC2)CN1c1cccnn1. The van der Waals surface area contributed by atoms with Gasteiger partial charge >= 0.3 is 6.09 Å². The number of hydrogen-bond donors (Lipinski definition) is 1. The van der Waals surface area contributed by atoms with E-state index in [4.69, 9.17) is 4.74 Å². The number of aliphatic imine (C=N–C) groups is 1. The Kier molecular flexibility index (Phi) is 5.19. The Balaban J connectivity index is 1.15. The summed E-state index contributed by atoms with van der Waals surface area (Å²) < 4.78 is 5.80. The molecule has 1 spiro atoms. The third kappa shape index (κ3) is 4.18. The standard InChI is InChI=1S/C21H24N8O2/c30-20-29(18-3-1-10-25-27-18)14-21(31-20)7-4-16(5-8-21)13-24-19-23-11-6-17(26-19)28-12-2-9-22-15-28/h1-3,6,9-12,16H,4-5,7-8,13-15H2,(H,23,24,26). The molecule has 3 aliphatic rings. The van der Waals surface area contributed by atoms with Crippen LogP contribution in [0.4, 0.5) is 22.4 Å². The lowest BCUT2D eigenvalue weighted by Gasteiger charge is -2.35. The van der Waals surface area contributed by atoms with Gasteiger partial charge in [0.05, 0.1) is 6.54 Å². The third-order valence-electron chi connectivity index (χ3n) is 6.00. The zero-order chi connectivity index (χ0) is 21.1. The van der Waals surface area contributed by atoms with Crippen molar-refractivity contribution < 1.29 is 9.53 Å². The van der Waals surface area contributed by atoms with Gasteiger partial charge in [-0.25, -0.2) is 9.78 Å². The zero-order valence-corrected chi connectivity index (χ0v) is 17.1. The summed E-state index contributed by atoms with van der Waals surface area (Å²) in [6, 6.07) is 5.43. The molecule has 0 unspecified atom stereocenters. The first-order chi connectivity index (χ1) is 15.2. The number of rotatable bonds is 5. The molecule has 1 aliphatic carbocycles. The Morgan fingerprint density at radius 1 is 1.19 bits per heavy atom. The van der Waals surface area contributed by atoms with Crippen molar-refractivity contribution in [2.45, 2.75) is 31.3 Å². The predicted molar refractivity (Wildman–Crippen MR) is 116 cm³/mol. The molecule has 2 aliphatic heterocycles. The maximum atomic E-state index is 12.4. The zero-order valence-electron chi connectivity index (χ0n) is 17.1. The maximum Gasteiger partial charge on any atom is 0.416 e. The fourth-order valence-corrected chi connectivity index (χ4v) is 4.27. The molecule has 1 saturated carbocycles. The van der Waals surface area contributed by atoms with Gasteiger partial charge in [0.1, 0.15) is 18.1 Å². The lowest BCUT2D eigenvalue weighted by atomic mass is 9.78. The number of hydrogen-bond acceptors (Lipinski definition) is 9. The number of nitrogens with one attached hydrogen (secondary N) is 1. The van der Waals surface area contributed by atoms with E-state index < -0.39 is 5.60 Å². The third-order valence-corrected chi connectivity index (χ3v) is 6.00. The number of aromatic nitrogens is 4. The molecule has 1 saturated heterocycles. The first-order valence-corrected chi connectivity index (χ1v) is 10.5. The van der Waals surface area contributed by atoms with E-state index in [1.165, 1.54) is 0 Å². The largest absolute Gasteiger partial charge is 0.441 e. The van der Waals surface area contributed by atoms with Gasteiger partial charge in [-0.15, -0.1) is 5.10 Å². The van der Waals surface area contributed by atoms with Crippen LogP contribution in [-0.4, -0.2) is 57.8 Å². The maximum absolute atomic E-state index is 12.4. The lowest BCUT2D eigenvalue weighted by Crippen LogP contribution is -2.39. The fraction of sp³-hybridized carbons (Fsp3) is 0.429. The van der Waals surface area contributed by atoms with Gasteiger partial charge in [-0.05, 0) is 55.9 Å². The molecule has 4 heterocycles. The van der Waals surface area contributed by atoms with Crippen molar-refractivity contribution in [1.29, 1.82) is 0 Å². The van der Waals surface area contributed by atoms with Gasteiger partial charge in [0, 0.05) is 31.4 Å². The van der Waals surface area contributed by atoms with Crippen LogP contribution in [0.2, 0.25) is 0 Å². The molecule has 1 amide bonds. The van der Waals surface area contributed by atoms with Gasteiger partial charge < -0.3 is 15.0 Å². The number of amides is 1. The van der Waals surface area contributed by atoms with E-state index in [-0.39, 0.29) is 6.09 Å². The van der Waals surface area contributed by atoms with Gasteiger partial charge in [0.2, 0.25) is 5.95 Å². The quantitative estimate of drug-likeness (QED) is 0.786. The Bertz CT molecular complexity index is 988. The van der Waals surface area contributed by atoms with Gasteiger partial charge in [-0.3, -0.25) is 9.89 Å². The Morgan fingerprint density at radius 3 is 2.87 bits per heavy atom. The van der Waals surface area contributed by atoms with Crippen LogP contribution in [0.3, 0.4) is 0 Å². The van der Waals surface area contributed by atoms with E-state index in [0.29, 0.717) is 30.9 Å². The van der Waals surface area contributed by atoms with Crippen molar-refractivity contribution in [3.63, 3.8) is 0 Å². The summed E-state index contributed by atoms with van der Waals surface area (Å²) in [4.78, 5) is 29.1. The summed E-state index contributed by atoms with van der Waals surface area (Å²) >= 11 is 0. The molecule has 2 fully saturated rings. The molecular formula is C21H24N8O2. The monoisotopic (exact) mass is 420 g/mol. The molecule has 0 atom stereocenters. The van der Waals surface area contributed by atoms with Crippen molar-refractivity contribution in [1.82, 2.24) is 20.2 Å². The Hall–Kier alpha value is -3.56. The average Bonchev–Trinajstić information content (AvgIpc) is 3.16. The molecule has 0 aromatic carbocycles. The van der Waals surface area contributed by atoms with Crippen LogP contribution in [0.1, 0.15) is 25.7 Å². The number of allylic oxidation sites excluding steroid dienone is 1. The highest BCUT2D eigenvalue weighted by Crippen LogP contribution is 2.40. The first kappa shape index (κ1) is 19.4. The molecule has 1 N–H and O–H groups in total. The summed E-state index contributed by atoms with van der Waals surface area (Å²) in [6.45, 7) is 1.87. The fourth-order valence-electron chi connectivity index (χ4n) is 4.27. The normalized spacial score (nSPS) is 25.2. The summed E-state index contributed by atoms with van der Waals surface area (Å²) in [6.07, 6.45) is 12.2. The van der Waals surface area contributed by atoms with Crippen LogP contribution >= 0.6 is 0 Å². The van der Waals surface area contributed by atoms with E-state index >= 15 is 0 Å². The van der Waals surface area contributed by atoms with Crippen LogP contribution < -0.4 is 15.1 Å². The van der Waals surface area contributed by atoms with Crippen molar-refractivity contribution in [3.8, 4) is 0 Å². The smallest absolute Gasteiger partial charge is 0.416 e. The van der Waals surface area contributed by atoms with Crippen LogP contribution in [-0.2, 0) is 4.74 Å². The minimum absolute atomic E-state index is 0.335. The van der Waals surface area contributed by atoms with Gasteiger partial charge in [0.25, 0.3) is 0 Å². The molecule has 0 bridgehead atoms. The Morgan fingerprint density at radius 2 is 2.10 bits per heavy atom. The number of carbonyl (C=O) groups is 1. The van der Waals surface area contributed by atoms with Crippen LogP contribution in [0.15, 0.2) is 47.9 Å². The molecule has 5 rings (SSSR count). The van der Waals surface area contributed by atoms with Gasteiger partial charge in [-0.2, -0.15) is 10.1 Å². The average molecular weight is 420 g/mol. The lowest BCUT2D eigenvalue weighted by molar-refractivity contribution is 0.0148. The predicted octanol–water partition coefficient (Wildman–Crippen LogP) is 2.63. The molecule has 2 aromatic rings. The van der Waals surface area contributed by atoms with Crippen LogP contribution in [0.5, 0.6) is 0 Å². The van der Waals surface area contributed by atoms with E-state index in [9.17, 15) is 4.79 Å². The second kappa shape index (κ2) is 8.29. The molecule has 31 heavy (non-hydrogen) atoms. The van der Waals surface area contributed by atoms with Crippen molar-refractivity contribution in [2.75, 3.05) is 34.9 Å². The van der Waals surface area contributed by atoms with E-state index in [1.807, 2.05) is 23.2 Å². The molecule has 10 heteroatoms. The summed E-state index contributed by atoms with van der Waals surface area (Å²) in [5.74, 6) is 2.44. The van der Waals surface area contributed by atoms with Gasteiger partial charge in [-0.1, -0.05) is 0 Å². The van der Waals surface area contributed by atoms with E-state index in [0.717, 1.165) is 38.0 Å². The highest BCUT2D eigenvalue weighted by molar-refractivity contribution is 5.89. The van der Waals surface area contributed by atoms with Crippen LogP contribution in [0, 0.1) is 5.92 Å². The topological polar surface area (TPSA) is 109 Å². The van der Waals surface area contributed by atoms with E-state index in [1.54, 1.807) is 35.6 Å². The molecule has 160 valence electrons. The number of carbonyl (C=O) groups excluding carboxylic acids is 1. The van der Waals surface area contributed by atoms with Crippen molar-refractivity contribution in [3.05, 3.63) is 42.9 Å². The number of anilines is 3. The highest BCUT2D eigenvalue weighted by atomic mass is 16.6. The van der Waals surface area contributed by atoms with Gasteiger partial charge in [0.15, 0.2) is 5.82 Å². The second-order valence-electron chi connectivity index (χ2n) is 8.07. The minimum Gasteiger partial charge on any atom is -0.441 e. The van der Waals surface area contributed by atoms with Crippen LogP contribution in [0.25, 0.3) is 0 Å². The number of ether oxygens (including phenoxy) is 1. The first-order valence-electron chi connectivity index (χ1n) is 10.5.